The molecule has 0 bridgehead atoms. The van der Waals surface area contributed by atoms with Gasteiger partial charge in [0.1, 0.15) is 17.8 Å². The number of aromatic nitrogens is 2. The van der Waals surface area contributed by atoms with Gasteiger partial charge in [0.2, 0.25) is 5.91 Å². The van der Waals surface area contributed by atoms with E-state index in [0.29, 0.717) is 19.6 Å². The van der Waals surface area contributed by atoms with Crippen LogP contribution in [0.15, 0.2) is 24.3 Å². The maximum absolute atomic E-state index is 12.9. The Morgan fingerprint density at radius 2 is 2.20 bits per heavy atom. The largest absolute Gasteiger partial charge is 0.481 e. The highest BCUT2D eigenvalue weighted by Crippen LogP contribution is 2.41. The molecule has 1 N–H and O–H groups in total. The van der Waals surface area contributed by atoms with Crippen molar-refractivity contribution in [1.29, 1.82) is 0 Å². The van der Waals surface area contributed by atoms with E-state index in [9.17, 15) is 14.7 Å². The van der Waals surface area contributed by atoms with Crippen molar-refractivity contribution in [2.75, 3.05) is 26.3 Å². The van der Waals surface area contributed by atoms with Crippen LogP contribution in [0.1, 0.15) is 12.2 Å². The number of hydrogen-bond acceptors (Lipinski definition) is 4. The molecule has 4 rings (SSSR count). The molecule has 2 aliphatic heterocycles. The fraction of sp³-hybridized carbons (Fsp3) is 0.500. The number of hydrogen-bond donors (Lipinski definition) is 1. The highest BCUT2D eigenvalue weighted by molar-refractivity contribution is 5.83. The van der Waals surface area contributed by atoms with E-state index in [2.05, 4.69) is 4.98 Å². The van der Waals surface area contributed by atoms with Crippen molar-refractivity contribution >= 4 is 22.9 Å². The normalized spacial score (nSPS) is 26.0. The Bertz CT molecular complexity index is 846. The second-order valence-corrected chi connectivity index (χ2v) is 7.01. The van der Waals surface area contributed by atoms with Crippen LogP contribution < -0.4 is 0 Å². The number of imidazole rings is 1. The number of ether oxygens (including phenoxy) is 1. The molecule has 2 aliphatic rings. The van der Waals surface area contributed by atoms with Gasteiger partial charge >= 0.3 is 5.97 Å². The number of aryl methyl sites for hydroxylation is 1. The van der Waals surface area contributed by atoms with Crippen LogP contribution in [0.5, 0.6) is 0 Å². The lowest BCUT2D eigenvalue weighted by atomic mass is 9.76. The van der Waals surface area contributed by atoms with Crippen molar-refractivity contribution in [3.05, 3.63) is 30.1 Å². The maximum Gasteiger partial charge on any atom is 0.314 e. The first-order chi connectivity index (χ1) is 12.0. The predicted molar refractivity (Wildman–Crippen MR) is 90.0 cm³/mol. The number of aliphatic carboxylic acids is 1. The second kappa shape index (κ2) is 5.84. The van der Waals surface area contributed by atoms with E-state index in [-0.39, 0.29) is 31.5 Å². The topological polar surface area (TPSA) is 84.7 Å². The molecular formula is C18H21N3O4. The summed E-state index contributed by atoms with van der Waals surface area (Å²) in [5.74, 6) is -0.191. The molecule has 0 saturated carbocycles. The van der Waals surface area contributed by atoms with Gasteiger partial charge in [-0.2, -0.15) is 0 Å². The third-order valence-corrected chi connectivity index (χ3v) is 5.58. The van der Waals surface area contributed by atoms with E-state index in [1.165, 1.54) is 0 Å². The molecule has 0 radical (unpaired) electrons. The van der Waals surface area contributed by atoms with E-state index in [1.54, 1.807) is 4.90 Å². The molecule has 0 spiro atoms. The highest BCUT2D eigenvalue weighted by Gasteiger charge is 2.55. The number of carbonyl (C=O) groups is 2. The average Bonchev–Trinajstić information content (AvgIpc) is 3.14. The minimum Gasteiger partial charge on any atom is -0.481 e. The average molecular weight is 343 g/mol. The molecule has 3 heterocycles. The van der Waals surface area contributed by atoms with Crippen LogP contribution in [0.3, 0.4) is 0 Å². The summed E-state index contributed by atoms with van der Waals surface area (Å²) in [5, 5.41) is 9.71. The van der Waals surface area contributed by atoms with Gasteiger partial charge in [-0.3, -0.25) is 9.59 Å². The van der Waals surface area contributed by atoms with Crippen molar-refractivity contribution < 1.29 is 19.4 Å². The van der Waals surface area contributed by atoms with E-state index in [1.807, 2.05) is 35.8 Å². The number of carboxylic acids is 1. The number of nitrogens with zero attached hydrogens (tertiary/aromatic N) is 3. The van der Waals surface area contributed by atoms with Gasteiger partial charge in [0.25, 0.3) is 0 Å². The fourth-order valence-corrected chi connectivity index (χ4v) is 4.11. The predicted octanol–water partition coefficient (Wildman–Crippen LogP) is 1.29. The third kappa shape index (κ3) is 2.50. The summed E-state index contributed by atoms with van der Waals surface area (Å²) < 4.78 is 7.32. The number of carboxylic acid groups (broad SMARTS) is 1. The summed E-state index contributed by atoms with van der Waals surface area (Å²) in [6.07, 6.45) is 0.684. The van der Waals surface area contributed by atoms with Crippen LogP contribution in [0.4, 0.5) is 0 Å². The van der Waals surface area contributed by atoms with Crippen LogP contribution in [-0.4, -0.2) is 57.7 Å². The summed E-state index contributed by atoms with van der Waals surface area (Å²) in [6.45, 7) is 3.51. The molecule has 0 unspecified atom stereocenters. The Morgan fingerprint density at radius 1 is 1.40 bits per heavy atom. The zero-order valence-corrected chi connectivity index (χ0v) is 14.1. The van der Waals surface area contributed by atoms with Gasteiger partial charge < -0.3 is 19.3 Å². The Morgan fingerprint density at radius 3 is 2.96 bits per heavy atom. The van der Waals surface area contributed by atoms with Gasteiger partial charge in [-0.1, -0.05) is 12.1 Å². The second-order valence-electron chi connectivity index (χ2n) is 7.01. The van der Waals surface area contributed by atoms with Crippen LogP contribution in [0.2, 0.25) is 0 Å². The highest BCUT2D eigenvalue weighted by atomic mass is 16.5. The van der Waals surface area contributed by atoms with Gasteiger partial charge in [0.05, 0.1) is 17.6 Å². The fourth-order valence-electron chi connectivity index (χ4n) is 4.11. The number of para-hydroxylation sites is 2. The summed E-state index contributed by atoms with van der Waals surface area (Å²) in [7, 11) is 0. The van der Waals surface area contributed by atoms with E-state index in [0.717, 1.165) is 16.9 Å². The van der Waals surface area contributed by atoms with Crippen molar-refractivity contribution in [2.45, 2.75) is 19.9 Å². The Kier molecular flexibility index (Phi) is 3.76. The van der Waals surface area contributed by atoms with E-state index in [4.69, 9.17) is 4.74 Å². The zero-order valence-electron chi connectivity index (χ0n) is 14.1. The Balaban J connectivity index is 1.57. The van der Waals surface area contributed by atoms with Gasteiger partial charge in [-0.05, 0) is 31.4 Å². The standard InChI is InChI=1S/C18H21N3O4/c1-12-19-14-4-2-3-5-15(14)21(12)9-16(22)20-8-13-6-7-25-11-18(13,10-20)17(23)24/h2-5,13H,6-11H2,1H3,(H,23,24)/t13-,18+/m0/s1. The molecule has 1 aromatic carbocycles. The number of carbonyl (C=O) groups excluding carboxylic acids is 1. The zero-order chi connectivity index (χ0) is 17.6. The molecule has 1 aromatic heterocycles. The quantitative estimate of drug-likeness (QED) is 0.908. The smallest absolute Gasteiger partial charge is 0.314 e. The van der Waals surface area contributed by atoms with Crippen molar-refractivity contribution in [1.82, 2.24) is 14.5 Å². The summed E-state index contributed by atoms with van der Waals surface area (Å²) in [6, 6.07) is 7.71. The van der Waals surface area contributed by atoms with Crippen LogP contribution in [0, 0.1) is 18.3 Å². The van der Waals surface area contributed by atoms with Crippen LogP contribution in [-0.2, 0) is 20.9 Å². The summed E-state index contributed by atoms with van der Waals surface area (Å²) in [5.41, 5.74) is 0.819. The van der Waals surface area contributed by atoms with Gasteiger partial charge in [0, 0.05) is 19.7 Å². The molecule has 0 aliphatic carbocycles. The number of likely N-dealkylation sites (tertiary alicyclic amines) is 1. The third-order valence-electron chi connectivity index (χ3n) is 5.58. The molecular weight excluding hydrogens is 322 g/mol. The first-order valence-corrected chi connectivity index (χ1v) is 8.52. The Hall–Kier alpha value is -2.41. The van der Waals surface area contributed by atoms with Crippen molar-refractivity contribution in [3.8, 4) is 0 Å². The molecule has 2 aromatic rings. The van der Waals surface area contributed by atoms with Crippen LogP contribution >= 0.6 is 0 Å². The molecule has 2 saturated heterocycles. The van der Waals surface area contributed by atoms with E-state index >= 15 is 0 Å². The summed E-state index contributed by atoms with van der Waals surface area (Å²) >= 11 is 0. The molecule has 25 heavy (non-hydrogen) atoms. The van der Waals surface area contributed by atoms with Crippen molar-refractivity contribution in [3.63, 3.8) is 0 Å². The molecule has 1 amide bonds. The lowest BCUT2D eigenvalue weighted by Crippen LogP contribution is -2.46. The maximum atomic E-state index is 12.9. The SMILES string of the molecule is Cc1nc2ccccc2n1CC(=O)N1C[C@@H]2CCOC[C@]2(C(=O)O)C1. The molecule has 7 nitrogen and oxygen atoms in total. The minimum absolute atomic E-state index is 0.0386. The van der Waals surface area contributed by atoms with Crippen LogP contribution in [0.25, 0.3) is 11.0 Å². The number of amides is 1. The number of fused-ring (bicyclic) bond motifs is 2. The lowest BCUT2D eigenvalue weighted by molar-refractivity contribution is -0.159. The molecule has 7 heteroatoms. The lowest BCUT2D eigenvalue weighted by Gasteiger charge is -2.33. The summed E-state index contributed by atoms with van der Waals surface area (Å²) in [4.78, 5) is 30.9. The molecule has 2 atom stereocenters. The van der Waals surface area contributed by atoms with Gasteiger partial charge in [-0.25, -0.2) is 4.98 Å². The van der Waals surface area contributed by atoms with Gasteiger partial charge in [-0.15, -0.1) is 0 Å². The van der Waals surface area contributed by atoms with E-state index < -0.39 is 11.4 Å². The number of benzene rings is 1. The monoisotopic (exact) mass is 343 g/mol. The van der Waals surface area contributed by atoms with Crippen molar-refractivity contribution in [2.24, 2.45) is 11.3 Å². The number of rotatable bonds is 3. The molecule has 2 fully saturated rings. The van der Waals surface area contributed by atoms with Gasteiger partial charge in [0.15, 0.2) is 0 Å². The molecule has 132 valence electrons. The first kappa shape index (κ1) is 16.1. The Labute approximate surface area is 145 Å². The first-order valence-electron chi connectivity index (χ1n) is 8.52. The minimum atomic E-state index is -0.958.